The fourth-order valence-corrected chi connectivity index (χ4v) is 1.67. The van der Waals surface area contributed by atoms with Gasteiger partial charge < -0.3 is 5.32 Å². The Morgan fingerprint density at radius 2 is 1.94 bits per heavy atom. The largest absolute Gasteiger partial charge is 0.346 e. The van der Waals surface area contributed by atoms with E-state index in [2.05, 4.69) is 24.3 Å². The van der Waals surface area contributed by atoms with Crippen LogP contribution in [0.1, 0.15) is 47.0 Å². The molecule has 0 unspecified atom stereocenters. The normalized spacial score (nSPS) is 25.1. The third-order valence-corrected chi connectivity index (χ3v) is 3.39. The summed E-state index contributed by atoms with van der Waals surface area (Å²) in [7, 11) is 0. The smallest absolute Gasteiger partial charge is 0.322 e. The molecular formula is C12H21N3O2. The molecule has 1 fully saturated rings. The standard InChI is InChI=1S/C12H21N3O2/c1-5-9(6-2)8-13-15-10(16)12(4,7-3)14-11(15)17/h8-9H,5-7H2,1-4H3,(H,14,17)/b13-8-/t12-/m0/s1. The summed E-state index contributed by atoms with van der Waals surface area (Å²) in [5.74, 6) is 0.0382. The van der Waals surface area contributed by atoms with Crippen molar-refractivity contribution in [3.63, 3.8) is 0 Å². The Kier molecular flexibility index (Phi) is 4.26. The molecule has 5 nitrogen and oxygen atoms in total. The summed E-state index contributed by atoms with van der Waals surface area (Å²) >= 11 is 0. The molecule has 1 rings (SSSR count). The molecule has 1 saturated heterocycles. The minimum Gasteiger partial charge on any atom is -0.322 e. The van der Waals surface area contributed by atoms with Crippen molar-refractivity contribution in [1.82, 2.24) is 10.3 Å². The maximum atomic E-state index is 12.0. The lowest BCUT2D eigenvalue weighted by Gasteiger charge is -2.17. The fourth-order valence-electron chi connectivity index (χ4n) is 1.67. The van der Waals surface area contributed by atoms with Crippen LogP contribution in [0, 0.1) is 5.92 Å². The van der Waals surface area contributed by atoms with E-state index in [-0.39, 0.29) is 5.91 Å². The molecule has 0 radical (unpaired) electrons. The first-order chi connectivity index (χ1) is 7.98. The molecule has 1 atom stereocenters. The zero-order chi connectivity index (χ0) is 13.1. The third kappa shape index (κ3) is 2.65. The second kappa shape index (κ2) is 5.29. The lowest BCUT2D eigenvalue weighted by atomic mass is 10.00. The molecule has 0 aromatic heterocycles. The van der Waals surface area contributed by atoms with E-state index in [0.29, 0.717) is 12.3 Å². The lowest BCUT2D eigenvalue weighted by Crippen LogP contribution is -2.42. The van der Waals surface area contributed by atoms with E-state index in [4.69, 9.17) is 0 Å². The first-order valence-corrected chi connectivity index (χ1v) is 6.19. The molecule has 0 saturated carbocycles. The molecule has 1 N–H and O–H groups in total. The predicted octanol–water partition coefficient (Wildman–Crippen LogP) is 2.13. The fraction of sp³-hybridized carbons (Fsp3) is 0.750. The Morgan fingerprint density at radius 3 is 2.35 bits per heavy atom. The Morgan fingerprint density at radius 1 is 1.35 bits per heavy atom. The summed E-state index contributed by atoms with van der Waals surface area (Å²) in [6.07, 6.45) is 4.16. The summed E-state index contributed by atoms with van der Waals surface area (Å²) < 4.78 is 0. The molecule has 0 aromatic rings. The Hall–Kier alpha value is -1.39. The maximum absolute atomic E-state index is 12.0. The highest BCUT2D eigenvalue weighted by atomic mass is 16.2. The van der Waals surface area contributed by atoms with Gasteiger partial charge in [0, 0.05) is 6.21 Å². The molecule has 1 aliphatic rings. The van der Waals surface area contributed by atoms with Crippen LogP contribution in [-0.2, 0) is 4.79 Å². The minimum absolute atomic E-state index is 0.271. The molecule has 17 heavy (non-hydrogen) atoms. The van der Waals surface area contributed by atoms with Gasteiger partial charge in [-0.05, 0) is 32.1 Å². The van der Waals surface area contributed by atoms with Crippen molar-refractivity contribution in [3.05, 3.63) is 0 Å². The Bertz CT molecular complexity index is 337. The van der Waals surface area contributed by atoms with E-state index in [1.54, 1.807) is 13.1 Å². The van der Waals surface area contributed by atoms with Crippen molar-refractivity contribution in [2.75, 3.05) is 0 Å². The zero-order valence-electron chi connectivity index (χ0n) is 11.0. The second-order valence-corrected chi connectivity index (χ2v) is 4.57. The van der Waals surface area contributed by atoms with Gasteiger partial charge in [0.05, 0.1) is 0 Å². The molecule has 1 aliphatic heterocycles. The van der Waals surface area contributed by atoms with Crippen molar-refractivity contribution in [3.8, 4) is 0 Å². The average molecular weight is 239 g/mol. The van der Waals surface area contributed by atoms with Gasteiger partial charge in [0.1, 0.15) is 5.54 Å². The van der Waals surface area contributed by atoms with E-state index < -0.39 is 11.6 Å². The highest BCUT2D eigenvalue weighted by Crippen LogP contribution is 2.21. The first kappa shape index (κ1) is 13.7. The van der Waals surface area contributed by atoms with Crippen molar-refractivity contribution >= 4 is 18.2 Å². The summed E-state index contributed by atoms with van der Waals surface area (Å²) in [5.41, 5.74) is -0.803. The van der Waals surface area contributed by atoms with Crippen LogP contribution in [-0.4, -0.2) is 28.7 Å². The number of rotatable bonds is 5. The first-order valence-electron chi connectivity index (χ1n) is 6.19. The highest BCUT2D eigenvalue weighted by Gasteiger charge is 2.46. The van der Waals surface area contributed by atoms with Crippen LogP contribution in [0.4, 0.5) is 4.79 Å². The van der Waals surface area contributed by atoms with Crippen LogP contribution in [0.2, 0.25) is 0 Å². The molecule has 96 valence electrons. The van der Waals surface area contributed by atoms with E-state index in [0.717, 1.165) is 17.9 Å². The average Bonchev–Trinajstić information content (AvgIpc) is 2.54. The van der Waals surface area contributed by atoms with Gasteiger partial charge >= 0.3 is 6.03 Å². The number of carbonyl (C=O) groups is 2. The maximum Gasteiger partial charge on any atom is 0.346 e. The van der Waals surface area contributed by atoms with Crippen molar-refractivity contribution in [2.24, 2.45) is 11.0 Å². The molecule has 0 aromatic carbocycles. The molecule has 1 heterocycles. The Balaban J connectivity index is 2.79. The van der Waals surface area contributed by atoms with E-state index in [1.165, 1.54) is 0 Å². The SMILES string of the molecule is CCC(/C=N\N1C(=O)N[C@@](C)(CC)C1=O)CC. The molecular weight excluding hydrogens is 218 g/mol. The number of carbonyl (C=O) groups excluding carboxylic acids is 2. The number of nitrogens with zero attached hydrogens (tertiary/aromatic N) is 2. The van der Waals surface area contributed by atoms with Gasteiger partial charge in [0.15, 0.2) is 0 Å². The van der Waals surface area contributed by atoms with Gasteiger partial charge in [0.25, 0.3) is 5.91 Å². The van der Waals surface area contributed by atoms with Gasteiger partial charge in [0.2, 0.25) is 0 Å². The van der Waals surface area contributed by atoms with Crippen molar-refractivity contribution < 1.29 is 9.59 Å². The van der Waals surface area contributed by atoms with Crippen molar-refractivity contribution in [1.29, 1.82) is 0 Å². The molecule has 3 amide bonds. The van der Waals surface area contributed by atoms with Gasteiger partial charge in [-0.1, -0.05) is 20.8 Å². The van der Waals surface area contributed by atoms with Crippen LogP contribution in [0.5, 0.6) is 0 Å². The van der Waals surface area contributed by atoms with Crippen LogP contribution in [0.3, 0.4) is 0 Å². The quantitative estimate of drug-likeness (QED) is 0.590. The zero-order valence-corrected chi connectivity index (χ0v) is 11.0. The van der Waals surface area contributed by atoms with E-state index in [9.17, 15) is 9.59 Å². The highest BCUT2D eigenvalue weighted by molar-refractivity contribution is 6.06. The second-order valence-electron chi connectivity index (χ2n) is 4.57. The number of imide groups is 1. The van der Waals surface area contributed by atoms with Crippen LogP contribution in [0.15, 0.2) is 5.10 Å². The number of urea groups is 1. The summed E-state index contributed by atoms with van der Waals surface area (Å²) in [6, 6.07) is -0.429. The van der Waals surface area contributed by atoms with Crippen molar-refractivity contribution in [2.45, 2.75) is 52.5 Å². The van der Waals surface area contributed by atoms with Crippen LogP contribution < -0.4 is 5.32 Å². The Labute approximate surface area is 102 Å². The molecule has 5 heteroatoms. The summed E-state index contributed by atoms with van der Waals surface area (Å²) in [4.78, 5) is 23.6. The number of hydrogen-bond donors (Lipinski definition) is 1. The third-order valence-electron chi connectivity index (χ3n) is 3.39. The van der Waals surface area contributed by atoms with Gasteiger partial charge in [-0.15, -0.1) is 5.01 Å². The molecule has 0 aliphatic carbocycles. The van der Waals surface area contributed by atoms with Crippen LogP contribution >= 0.6 is 0 Å². The summed E-state index contributed by atoms with van der Waals surface area (Å²) in [5, 5.41) is 7.63. The van der Waals surface area contributed by atoms with Gasteiger partial charge in [-0.2, -0.15) is 5.10 Å². The number of nitrogens with one attached hydrogen (secondary N) is 1. The number of hydrogen-bond acceptors (Lipinski definition) is 3. The van der Waals surface area contributed by atoms with Gasteiger partial charge in [-0.25, -0.2) is 4.79 Å². The van der Waals surface area contributed by atoms with Gasteiger partial charge in [-0.3, -0.25) is 4.79 Å². The predicted molar refractivity (Wildman–Crippen MR) is 66.6 cm³/mol. The topological polar surface area (TPSA) is 61.8 Å². The summed E-state index contributed by atoms with van der Waals surface area (Å²) in [6.45, 7) is 7.70. The number of amides is 3. The lowest BCUT2D eigenvalue weighted by molar-refractivity contribution is -0.130. The molecule has 0 bridgehead atoms. The monoisotopic (exact) mass is 239 g/mol. The van der Waals surface area contributed by atoms with E-state index >= 15 is 0 Å². The van der Waals surface area contributed by atoms with Crippen LogP contribution in [0.25, 0.3) is 0 Å². The molecule has 0 spiro atoms. The number of hydrazone groups is 1. The minimum atomic E-state index is -0.803. The van der Waals surface area contributed by atoms with E-state index in [1.807, 2.05) is 6.92 Å².